The fourth-order valence-electron chi connectivity index (χ4n) is 3.26. The van der Waals surface area contributed by atoms with Crippen LogP contribution in [-0.4, -0.2) is 42.1 Å². The molecule has 1 aromatic carbocycles. The molecule has 1 saturated heterocycles. The second-order valence-electron chi connectivity index (χ2n) is 6.15. The molecule has 0 N–H and O–H groups in total. The number of rotatable bonds is 6. The van der Waals surface area contributed by atoms with Gasteiger partial charge in [0.1, 0.15) is 0 Å². The lowest BCUT2D eigenvalue weighted by Gasteiger charge is -2.39. The van der Waals surface area contributed by atoms with E-state index in [1.165, 1.54) is 29.5 Å². The molecule has 0 aromatic heterocycles. The van der Waals surface area contributed by atoms with Gasteiger partial charge in [-0.1, -0.05) is 40.2 Å². The normalized spacial score (nSPS) is 25.1. The molecule has 114 valence electrons. The van der Waals surface area contributed by atoms with Gasteiger partial charge in [-0.3, -0.25) is 4.90 Å². The highest BCUT2D eigenvalue weighted by atomic mass is 79.9. The molecule has 3 heteroatoms. The zero-order valence-electron chi connectivity index (χ0n) is 12.7. The lowest BCUT2D eigenvalue weighted by molar-refractivity contribution is -0.0117. The summed E-state index contributed by atoms with van der Waals surface area (Å²) in [6.07, 6.45) is 6.29. The Balaban J connectivity index is 1.55. The summed E-state index contributed by atoms with van der Waals surface area (Å²) in [5.74, 6) is 0. The molecule has 2 unspecified atom stereocenters. The van der Waals surface area contributed by atoms with Gasteiger partial charge in [0.05, 0.1) is 6.10 Å². The largest absolute Gasteiger partial charge is 0.377 e. The van der Waals surface area contributed by atoms with Crippen LogP contribution in [0.4, 0.5) is 0 Å². The van der Waals surface area contributed by atoms with Gasteiger partial charge in [0, 0.05) is 31.1 Å². The molecular weight excluding hydrogens is 326 g/mol. The van der Waals surface area contributed by atoms with Crippen LogP contribution in [-0.2, 0) is 4.74 Å². The second kappa shape index (κ2) is 7.08. The molecule has 2 nitrogen and oxygen atoms in total. The summed E-state index contributed by atoms with van der Waals surface area (Å²) in [7, 11) is 0. The lowest BCUT2D eigenvalue weighted by atomic mass is 9.87. The molecule has 1 heterocycles. The number of hydrogen-bond acceptors (Lipinski definition) is 2. The molecule has 1 aliphatic carbocycles. The molecule has 2 atom stereocenters. The van der Waals surface area contributed by atoms with E-state index in [9.17, 15) is 0 Å². The summed E-state index contributed by atoms with van der Waals surface area (Å²) in [6, 6.07) is 9.35. The third-order valence-electron chi connectivity index (χ3n) is 4.61. The maximum absolute atomic E-state index is 6.01. The van der Waals surface area contributed by atoms with Crippen molar-refractivity contribution in [1.29, 1.82) is 0 Å². The van der Waals surface area contributed by atoms with E-state index in [0.717, 1.165) is 31.4 Å². The fraction of sp³-hybridized carbons (Fsp3) is 0.556. The van der Waals surface area contributed by atoms with Crippen molar-refractivity contribution in [2.45, 2.75) is 38.3 Å². The maximum atomic E-state index is 6.01. The van der Waals surface area contributed by atoms with Gasteiger partial charge in [0.2, 0.25) is 0 Å². The van der Waals surface area contributed by atoms with E-state index in [1.807, 2.05) is 0 Å². The van der Waals surface area contributed by atoms with E-state index in [2.05, 4.69) is 58.1 Å². The predicted molar refractivity (Wildman–Crippen MR) is 92.7 cm³/mol. The van der Waals surface area contributed by atoms with Gasteiger partial charge in [-0.25, -0.2) is 0 Å². The molecular formula is C18H24BrNO. The zero-order chi connectivity index (χ0) is 14.7. The molecule has 0 radical (unpaired) electrons. The number of benzene rings is 1. The molecule has 1 fully saturated rings. The molecule has 1 aliphatic heterocycles. The number of halogens is 1. The number of alkyl halides is 1. The minimum atomic E-state index is 0.413. The summed E-state index contributed by atoms with van der Waals surface area (Å²) in [4.78, 5) is 2.59. The highest BCUT2D eigenvalue weighted by Crippen LogP contribution is 2.34. The molecule has 3 rings (SSSR count). The van der Waals surface area contributed by atoms with E-state index in [-0.39, 0.29) is 0 Å². The smallest absolute Gasteiger partial charge is 0.0702 e. The fourth-order valence-corrected chi connectivity index (χ4v) is 3.48. The average Bonchev–Trinajstić information content (AvgIpc) is 2.48. The van der Waals surface area contributed by atoms with Crippen LogP contribution in [0.25, 0.3) is 11.6 Å². The summed E-state index contributed by atoms with van der Waals surface area (Å²) >= 11 is 3.46. The van der Waals surface area contributed by atoms with Crippen molar-refractivity contribution in [1.82, 2.24) is 4.90 Å². The van der Waals surface area contributed by atoms with Crippen molar-refractivity contribution >= 4 is 27.6 Å². The van der Waals surface area contributed by atoms with Gasteiger partial charge in [-0.15, -0.1) is 0 Å². The second-order valence-corrected chi connectivity index (χ2v) is 6.94. The topological polar surface area (TPSA) is 12.5 Å². The number of likely N-dealkylation sites (tertiary alicyclic amines) is 1. The summed E-state index contributed by atoms with van der Waals surface area (Å²) < 4.78 is 6.01. The lowest BCUT2D eigenvalue weighted by Crippen LogP contribution is -2.46. The van der Waals surface area contributed by atoms with Crippen LogP contribution in [0.5, 0.6) is 0 Å². The van der Waals surface area contributed by atoms with Crippen molar-refractivity contribution in [3.63, 3.8) is 0 Å². The van der Waals surface area contributed by atoms with Gasteiger partial charge >= 0.3 is 0 Å². The Bertz CT molecular complexity index is 514. The van der Waals surface area contributed by atoms with E-state index in [1.54, 1.807) is 0 Å². The number of hydrogen-bond donors (Lipinski definition) is 0. The number of fused-ring (bicyclic) bond motifs is 1. The van der Waals surface area contributed by atoms with Crippen molar-refractivity contribution in [2.24, 2.45) is 0 Å². The van der Waals surface area contributed by atoms with Crippen molar-refractivity contribution in [2.75, 3.05) is 25.0 Å². The highest BCUT2D eigenvalue weighted by molar-refractivity contribution is 9.09. The van der Waals surface area contributed by atoms with Crippen LogP contribution in [0.3, 0.4) is 0 Å². The van der Waals surface area contributed by atoms with Crippen LogP contribution < -0.4 is 0 Å². The van der Waals surface area contributed by atoms with Crippen LogP contribution in [0.15, 0.2) is 24.3 Å². The third kappa shape index (κ3) is 3.58. The number of piperidine rings is 1. The summed E-state index contributed by atoms with van der Waals surface area (Å²) in [6.45, 7) is 5.36. The molecule has 2 aliphatic rings. The van der Waals surface area contributed by atoms with E-state index in [0.29, 0.717) is 12.1 Å². The van der Waals surface area contributed by atoms with Gasteiger partial charge in [-0.2, -0.15) is 0 Å². The van der Waals surface area contributed by atoms with E-state index in [4.69, 9.17) is 4.74 Å². The van der Waals surface area contributed by atoms with E-state index < -0.39 is 0 Å². The van der Waals surface area contributed by atoms with Crippen molar-refractivity contribution < 1.29 is 4.74 Å². The third-order valence-corrected chi connectivity index (χ3v) is 5.17. The Morgan fingerprint density at radius 1 is 1.29 bits per heavy atom. The average molecular weight is 350 g/mol. The zero-order valence-corrected chi connectivity index (χ0v) is 14.3. The van der Waals surface area contributed by atoms with Crippen LogP contribution in [0.1, 0.15) is 37.3 Å². The Labute approximate surface area is 136 Å². The van der Waals surface area contributed by atoms with Gasteiger partial charge in [0.15, 0.2) is 0 Å². The molecule has 0 saturated carbocycles. The van der Waals surface area contributed by atoms with Crippen LogP contribution in [0.2, 0.25) is 0 Å². The first-order chi connectivity index (χ1) is 10.3. The minimum Gasteiger partial charge on any atom is -0.377 e. The first kappa shape index (κ1) is 15.3. The standard InChI is InChI=1S/C18H24BrNO/c1-14-7-8-17(21-10-4-9-19)13-20(14)12-16-11-15-5-2-3-6-18(15)16/h2-3,5-6,11,14,17H,4,7-10,12-13H2,1H3. The first-order valence-corrected chi connectivity index (χ1v) is 9.11. The Kier molecular flexibility index (Phi) is 5.15. The van der Waals surface area contributed by atoms with Crippen molar-refractivity contribution in [3.8, 4) is 0 Å². The quantitative estimate of drug-likeness (QED) is 0.563. The Hall–Kier alpha value is -0.640. The van der Waals surface area contributed by atoms with Gasteiger partial charge in [0.25, 0.3) is 0 Å². The maximum Gasteiger partial charge on any atom is 0.0702 e. The number of nitrogens with zero attached hydrogens (tertiary/aromatic N) is 1. The highest BCUT2D eigenvalue weighted by Gasteiger charge is 2.28. The van der Waals surface area contributed by atoms with Crippen LogP contribution in [0, 0.1) is 0 Å². The Morgan fingerprint density at radius 3 is 2.95 bits per heavy atom. The Morgan fingerprint density at radius 2 is 2.14 bits per heavy atom. The van der Waals surface area contributed by atoms with Crippen LogP contribution >= 0.6 is 15.9 Å². The molecule has 0 amide bonds. The SMILES string of the molecule is CC1CCC(OCCCBr)CN1CC1=Cc2ccccc21. The monoisotopic (exact) mass is 349 g/mol. The molecule has 0 bridgehead atoms. The van der Waals surface area contributed by atoms with Gasteiger partial charge in [-0.05, 0) is 49.0 Å². The molecule has 1 aromatic rings. The molecule has 21 heavy (non-hydrogen) atoms. The van der Waals surface area contributed by atoms with Gasteiger partial charge < -0.3 is 4.74 Å². The summed E-state index contributed by atoms with van der Waals surface area (Å²) in [5.41, 5.74) is 4.31. The molecule has 0 spiro atoms. The minimum absolute atomic E-state index is 0.413. The first-order valence-electron chi connectivity index (χ1n) is 7.99. The van der Waals surface area contributed by atoms with E-state index >= 15 is 0 Å². The number of ether oxygens (including phenoxy) is 1. The summed E-state index contributed by atoms with van der Waals surface area (Å²) in [5, 5.41) is 1.03. The van der Waals surface area contributed by atoms with Crippen molar-refractivity contribution in [3.05, 3.63) is 35.4 Å². The predicted octanol–water partition coefficient (Wildman–Crippen LogP) is 4.20.